The molecule has 3 N–H and O–H groups in total. The summed E-state index contributed by atoms with van der Waals surface area (Å²) in [5.74, 6) is 1.56. The first kappa shape index (κ1) is 23.7. The highest BCUT2D eigenvalue weighted by molar-refractivity contribution is 7.84. The average molecular weight is 496 g/mol. The van der Waals surface area contributed by atoms with Crippen LogP contribution in [0.1, 0.15) is 21.6 Å². The van der Waals surface area contributed by atoms with Gasteiger partial charge < -0.3 is 11.1 Å². The molecule has 12 heteroatoms. The fraction of sp³-hybridized carbons (Fsp3) is 0.0435. The van der Waals surface area contributed by atoms with Gasteiger partial charge in [0.1, 0.15) is 16.7 Å². The number of hydrogen-bond acceptors (Lipinski definition) is 6. The zero-order valence-corrected chi connectivity index (χ0v) is 18.7. The molecule has 0 fully saturated rings. The van der Waals surface area contributed by atoms with Gasteiger partial charge in [0.05, 0.1) is 33.3 Å². The second-order valence-electron chi connectivity index (χ2n) is 7.03. The highest BCUT2D eigenvalue weighted by atomic mass is 32.2. The lowest BCUT2D eigenvalue weighted by Gasteiger charge is -2.07. The quantitative estimate of drug-likeness (QED) is 0.420. The van der Waals surface area contributed by atoms with E-state index in [1.54, 1.807) is 0 Å². The Kier molecular flexibility index (Phi) is 6.61. The van der Waals surface area contributed by atoms with Gasteiger partial charge in [-0.1, -0.05) is 11.8 Å². The molecule has 0 aliphatic carbocycles. The van der Waals surface area contributed by atoms with E-state index < -0.39 is 39.7 Å². The van der Waals surface area contributed by atoms with Gasteiger partial charge in [-0.15, -0.1) is 0 Å². The van der Waals surface area contributed by atoms with E-state index >= 15 is 0 Å². The second-order valence-corrected chi connectivity index (χ2v) is 8.35. The summed E-state index contributed by atoms with van der Waals surface area (Å²) in [6.45, 7) is 0. The van der Waals surface area contributed by atoms with Crippen LogP contribution >= 0.6 is 0 Å². The Morgan fingerprint density at radius 3 is 2.40 bits per heavy atom. The van der Waals surface area contributed by atoms with Crippen LogP contribution in [0.2, 0.25) is 0 Å². The molecular formula is C23H15F3N6O2S. The molecule has 0 spiro atoms. The third-order valence-electron chi connectivity index (χ3n) is 4.62. The zero-order chi connectivity index (χ0) is 25.1. The van der Waals surface area contributed by atoms with Crippen LogP contribution in [0, 0.1) is 29.3 Å². The normalized spacial score (nSPS) is 11.4. The molecule has 2 aromatic heterocycles. The summed E-state index contributed by atoms with van der Waals surface area (Å²) >= 11 is 0. The van der Waals surface area contributed by atoms with Gasteiger partial charge in [0.25, 0.3) is 5.91 Å². The Morgan fingerprint density at radius 2 is 1.74 bits per heavy atom. The molecule has 176 valence electrons. The van der Waals surface area contributed by atoms with E-state index in [4.69, 9.17) is 5.73 Å². The molecule has 0 bridgehead atoms. The van der Waals surface area contributed by atoms with Gasteiger partial charge in [0, 0.05) is 24.7 Å². The molecule has 2 aromatic carbocycles. The predicted octanol–water partition coefficient (Wildman–Crippen LogP) is 3.05. The standard InChI is InChI=1S/C23H15F3N6O2S/c1-35(34)20-10-19(31-32(20)15-5-3-14(24)4-6-15)22(33)30-18-9-8-17(25)16(21(18)26)7-2-13-11-28-23(27)29-12-13/h3-6,8-12H,1H3,(H,30,33)(H2,27,28,29). The molecule has 4 rings (SSSR count). The first-order valence-electron chi connectivity index (χ1n) is 9.81. The van der Waals surface area contributed by atoms with Crippen LogP contribution in [0.3, 0.4) is 0 Å². The Bertz CT molecular complexity index is 1510. The number of nitrogens with zero attached hydrogens (tertiary/aromatic N) is 4. The molecule has 35 heavy (non-hydrogen) atoms. The molecule has 0 saturated carbocycles. The summed E-state index contributed by atoms with van der Waals surface area (Å²) in [4.78, 5) is 20.3. The molecule has 1 atom stereocenters. The fourth-order valence-electron chi connectivity index (χ4n) is 2.93. The lowest BCUT2D eigenvalue weighted by molar-refractivity contribution is 0.102. The summed E-state index contributed by atoms with van der Waals surface area (Å²) in [5, 5.41) is 6.60. The minimum atomic E-state index is -1.56. The van der Waals surface area contributed by atoms with E-state index in [9.17, 15) is 22.2 Å². The number of nitrogens with two attached hydrogens (primary N) is 1. The number of amides is 1. The molecule has 0 saturated heterocycles. The maximum atomic E-state index is 15.0. The molecule has 1 unspecified atom stereocenters. The van der Waals surface area contributed by atoms with Crippen molar-refractivity contribution in [3.8, 4) is 17.5 Å². The number of hydrogen-bond donors (Lipinski definition) is 2. The first-order valence-corrected chi connectivity index (χ1v) is 11.4. The van der Waals surface area contributed by atoms with Crippen LogP contribution < -0.4 is 11.1 Å². The van der Waals surface area contributed by atoms with Crippen LogP contribution in [0.4, 0.5) is 24.8 Å². The van der Waals surface area contributed by atoms with Crippen LogP contribution in [-0.4, -0.2) is 36.1 Å². The number of carbonyl (C=O) groups excluding carboxylic acids is 1. The monoisotopic (exact) mass is 496 g/mol. The van der Waals surface area contributed by atoms with E-state index in [-0.39, 0.29) is 27.9 Å². The van der Waals surface area contributed by atoms with Crippen LogP contribution in [-0.2, 0) is 10.8 Å². The van der Waals surface area contributed by atoms with Crippen molar-refractivity contribution in [3.63, 3.8) is 0 Å². The predicted molar refractivity (Wildman–Crippen MR) is 123 cm³/mol. The summed E-state index contributed by atoms with van der Waals surface area (Å²) in [6, 6.07) is 8.42. The van der Waals surface area contributed by atoms with Crippen molar-refractivity contribution in [3.05, 3.63) is 89.1 Å². The minimum absolute atomic E-state index is 0.0227. The highest BCUT2D eigenvalue weighted by Crippen LogP contribution is 2.22. The van der Waals surface area contributed by atoms with Gasteiger partial charge in [-0.05, 0) is 36.4 Å². The number of carbonyl (C=O) groups is 1. The number of benzene rings is 2. The van der Waals surface area contributed by atoms with E-state index in [1.165, 1.54) is 53.7 Å². The molecule has 0 aliphatic rings. The second kappa shape index (κ2) is 9.78. The van der Waals surface area contributed by atoms with Crippen LogP contribution in [0.25, 0.3) is 5.69 Å². The highest BCUT2D eigenvalue weighted by Gasteiger charge is 2.20. The van der Waals surface area contributed by atoms with Gasteiger partial charge >= 0.3 is 0 Å². The Balaban J connectivity index is 1.64. The Hall–Kier alpha value is -4.50. The molecule has 2 heterocycles. The molecule has 4 aromatic rings. The smallest absolute Gasteiger partial charge is 0.276 e. The topological polar surface area (TPSA) is 116 Å². The van der Waals surface area contributed by atoms with Crippen LogP contribution in [0.15, 0.2) is 59.9 Å². The Morgan fingerprint density at radius 1 is 1.06 bits per heavy atom. The van der Waals surface area contributed by atoms with Gasteiger partial charge in [0.15, 0.2) is 11.5 Å². The third kappa shape index (κ3) is 5.20. The minimum Gasteiger partial charge on any atom is -0.368 e. The van der Waals surface area contributed by atoms with E-state index in [1.807, 2.05) is 0 Å². The van der Waals surface area contributed by atoms with Crippen molar-refractivity contribution >= 4 is 28.3 Å². The number of nitrogen functional groups attached to an aromatic ring is 1. The summed E-state index contributed by atoms with van der Waals surface area (Å²) in [5.41, 5.74) is 4.93. The molecule has 1 amide bonds. The molecule has 0 aliphatic heterocycles. The van der Waals surface area contributed by atoms with Crippen molar-refractivity contribution in [1.82, 2.24) is 19.7 Å². The van der Waals surface area contributed by atoms with Crippen molar-refractivity contribution < 1.29 is 22.2 Å². The average Bonchev–Trinajstić information content (AvgIpc) is 3.28. The van der Waals surface area contributed by atoms with E-state index in [2.05, 4.69) is 32.2 Å². The molecular weight excluding hydrogens is 481 g/mol. The van der Waals surface area contributed by atoms with E-state index in [0.29, 0.717) is 5.69 Å². The number of halogens is 3. The SMILES string of the molecule is CS(=O)c1cc(C(=O)Nc2ccc(F)c(C#Cc3cnc(N)nc3)c2F)nn1-c1ccc(F)cc1. The first-order chi connectivity index (χ1) is 16.7. The van der Waals surface area contributed by atoms with Crippen molar-refractivity contribution in [2.75, 3.05) is 17.3 Å². The van der Waals surface area contributed by atoms with Crippen molar-refractivity contribution in [2.24, 2.45) is 0 Å². The van der Waals surface area contributed by atoms with Crippen molar-refractivity contribution in [2.45, 2.75) is 5.03 Å². The third-order valence-corrected chi connectivity index (χ3v) is 5.50. The summed E-state index contributed by atoms with van der Waals surface area (Å²) in [6.07, 6.45) is 3.97. The van der Waals surface area contributed by atoms with Crippen molar-refractivity contribution in [1.29, 1.82) is 0 Å². The lowest BCUT2D eigenvalue weighted by Crippen LogP contribution is -2.15. The number of rotatable bonds is 4. The van der Waals surface area contributed by atoms with Gasteiger partial charge in [-0.25, -0.2) is 27.8 Å². The Labute approximate surface area is 199 Å². The number of nitrogens with one attached hydrogen (secondary N) is 1. The fourth-order valence-corrected chi connectivity index (χ4v) is 3.60. The number of anilines is 2. The molecule has 0 radical (unpaired) electrons. The lowest BCUT2D eigenvalue weighted by atomic mass is 10.1. The summed E-state index contributed by atoms with van der Waals surface area (Å²) in [7, 11) is -1.56. The van der Waals surface area contributed by atoms with Crippen LogP contribution in [0.5, 0.6) is 0 Å². The van der Waals surface area contributed by atoms with Gasteiger partial charge in [0.2, 0.25) is 5.95 Å². The largest absolute Gasteiger partial charge is 0.368 e. The maximum absolute atomic E-state index is 15.0. The van der Waals surface area contributed by atoms with E-state index in [0.717, 1.165) is 12.1 Å². The van der Waals surface area contributed by atoms with Gasteiger partial charge in [-0.2, -0.15) is 5.10 Å². The zero-order valence-electron chi connectivity index (χ0n) is 17.9. The molecule has 8 nitrogen and oxygen atoms in total. The maximum Gasteiger partial charge on any atom is 0.276 e. The summed E-state index contributed by atoms with van der Waals surface area (Å²) < 4.78 is 55.9. The van der Waals surface area contributed by atoms with Gasteiger partial charge in [-0.3, -0.25) is 9.00 Å². The number of aromatic nitrogens is 4.